The van der Waals surface area contributed by atoms with E-state index in [2.05, 4.69) is 27.7 Å². The number of nitrogens with one attached hydrogen (secondary N) is 2. The third-order valence-corrected chi connectivity index (χ3v) is 4.00. The van der Waals surface area contributed by atoms with Crippen LogP contribution in [0.4, 0.5) is 4.79 Å². The maximum atomic E-state index is 11.9. The number of hydrogen-bond acceptors (Lipinski definition) is 4. The molecule has 1 saturated heterocycles. The topological polar surface area (TPSA) is 87.5 Å². The largest absolute Gasteiger partial charge is 0.338 e. The summed E-state index contributed by atoms with van der Waals surface area (Å²) in [5, 5.41) is 4.88. The van der Waals surface area contributed by atoms with Crippen LogP contribution >= 0.6 is 0 Å². The van der Waals surface area contributed by atoms with Gasteiger partial charge in [-0.2, -0.15) is 0 Å². The van der Waals surface area contributed by atoms with Crippen molar-refractivity contribution in [1.82, 2.24) is 15.5 Å². The molecule has 2 atom stereocenters. The third kappa shape index (κ3) is 4.29. The van der Waals surface area contributed by atoms with Gasteiger partial charge in [-0.3, -0.25) is 15.0 Å². The molecule has 6 heteroatoms. The zero-order chi connectivity index (χ0) is 15.9. The van der Waals surface area contributed by atoms with Crippen molar-refractivity contribution in [3.05, 3.63) is 35.9 Å². The summed E-state index contributed by atoms with van der Waals surface area (Å²) in [6.45, 7) is 4.67. The maximum Gasteiger partial charge on any atom is 0.321 e. The second-order valence-electron chi connectivity index (χ2n) is 5.61. The highest BCUT2D eigenvalue weighted by molar-refractivity contribution is 5.95. The van der Waals surface area contributed by atoms with Crippen LogP contribution in [0, 0.1) is 5.92 Å². The molecule has 6 nitrogen and oxygen atoms in total. The lowest BCUT2D eigenvalue weighted by Crippen LogP contribution is -2.44. The predicted octanol–water partition coefficient (Wildman–Crippen LogP) is 0.506. The molecule has 1 aliphatic rings. The second-order valence-corrected chi connectivity index (χ2v) is 5.61. The first kappa shape index (κ1) is 16.5. The van der Waals surface area contributed by atoms with Gasteiger partial charge in [-0.1, -0.05) is 30.3 Å². The van der Waals surface area contributed by atoms with Crippen LogP contribution in [0.2, 0.25) is 0 Å². The summed E-state index contributed by atoms with van der Waals surface area (Å²) in [6.07, 6.45) is 0. The lowest BCUT2D eigenvalue weighted by Gasteiger charge is -2.16. The van der Waals surface area contributed by atoms with E-state index in [-0.39, 0.29) is 12.5 Å². The predicted molar refractivity (Wildman–Crippen MR) is 85.4 cm³/mol. The Hall–Kier alpha value is -1.92. The third-order valence-electron chi connectivity index (χ3n) is 4.00. The maximum absolute atomic E-state index is 11.9. The van der Waals surface area contributed by atoms with Gasteiger partial charge in [-0.05, 0) is 24.9 Å². The van der Waals surface area contributed by atoms with Crippen LogP contribution in [0.25, 0.3) is 0 Å². The van der Waals surface area contributed by atoms with E-state index in [9.17, 15) is 9.59 Å². The van der Waals surface area contributed by atoms with Gasteiger partial charge in [-0.25, -0.2) is 4.79 Å². The normalized spacial score (nSPS) is 21.5. The highest BCUT2D eigenvalue weighted by Crippen LogP contribution is 2.31. The molecule has 1 aromatic rings. The quantitative estimate of drug-likeness (QED) is 0.739. The molecule has 0 radical (unpaired) electrons. The lowest BCUT2D eigenvalue weighted by molar-refractivity contribution is -0.120. The molecule has 0 aromatic heterocycles. The molecule has 120 valence electrons. The molecule has 0 bridgehead atoms. The van der Waals surface area contributed by atoms with E-state index in [0.29, 0.717) is 24.9 Å². The first-order valence-corrected chi connectivity index (χ1v) is 7.69. The highest BCUT2D eigenvalue weighted by atomic mass is 16.2. The average Bonchev–Trinajstić information content (AvgIpc) is 2.91. The Morgan fingerprint density at radius 2 is 2.00 bits per heavy atom. The minimum Gasteiger partial charge on any atom is -0.338 e. The van der Waals surface area contributed by atoms with Crippen molar-refractivity contribution in [2.45, 2.75) is 12.8 Å². The SMILES string of the molecule is CCNC(=O)NC(=O)CN1C[C@@H](CN)[C@H](c2ccccc2)C1. The fourth-order valence-corrected chi connectivity index (χ4v) is 2.98. The number of rotatable bonds is 5. The highest BCUT2D eigenvalue weighted by Gasteiger charge is 2.33. The van der Waals surface area contributed by atoms with Gasteiger partial charge in [0.05, 0.1) is 6.54 Å². The molecule has 0 saturated carbocycles. The molecule has 0 spiro atoms. The van der Waals surface area contributed by atoms with E-state index >= 15 is 0 Å². The van der Waals surface area contributed by atoms with E-state index in [1.165, 1.54) is 5.56 Å². The number of imide groups is 1. The first-order valence-electron chi connectivity index (χ1n) is 7.69. The van der Waals surface area contributed by atoms with Crippen molar-refractivity contribution >= 4 is 11.9 Å². The molecular formula is C16H24N4O2. The Balaban J connectivity index is 1.92. The number of benzene rings is 1. The van der Waals surface area contributed by atoms with Crippen molar-refractivity contribution in [3.8, 4) is 0 Å². The van der Waals surface area contributed by atoms with Crippen molar-refractivity contribution in [2.24, 2.45) is 11.7 Å². The average molecular weight is 304 g/mol. The van der Waals surface area contributed by atoms with Gasteiger partial charge in [0, 0.05) is 25.6 Å². The minimum atomic E-state index is -0.443. The summed E-state index contributed by atoms with van der Waals surface area (Å²) in [6, 6.07) is 9.80. The molecule has 1 aromatic carbocycles. The van der Waals surface area contributed by atoms with Crippen molar-refractivity contribution in [3.63, 3.8) is 0 Å². The molecule has 3 amide bonds. The van der Waals surface area contributed by atoms with Crippen LogP contribution in [-0.4, -0.2) is 49.6 Å². The fourth-order valence-electron chi connectivity index (χ4n) is 2.98. The molecule has 2 rings (SSSR count). The zero-order valence-electron chi connectivity index (χ0n) is 12.9. The number of urea groups is 1. The summed E-state index contributed by atoms with van der Waals surface area (Å²) in [4.78, 5) is 25.3. The second kappa shape index (κ2) is 7.91. The van der Waals surface area contributed by atoms with Gasteiger partial charge in [-0.15, -0.1) is 0 Å². The zero-order valence-corrected chi connectivity index (χ0v) is 12.9. The van der Waals surface area contributed by atoms with Crippen molar-refractivity contribution in [2.75, 3.05) is 32.7 Å². The number of nitrogens with zero attached hydrogens (tertiary/aromatic N) is 1. The van der Waals surface area contributed by atoms with Gasteiger partial charge in [0.2, 0.25) is 5.91 Å². The lowest BCUT2D eigenvalue weighted by atomic mass is 9.89. The molecule has 1 heterocycles. The van der Waals surface area contributed by atoms with E-state index < -0.39 is 6.03 Å². The van der Waals surface area contributed by atoms with E-state index in [0.717, 1.165) is 13.1 Å². The Labute approximate surface area is 131 Å². The molecule has 0 aliphatic carbocycles. The molecule has 1 fully saturated rings. The summed E-state index contributed by atoms with van der Waals surface area (Å²) < 4.78 is 0. The van der Waals surface area contributed by atoms with E-state index in [1.54, 1.807) is 6.92 Å². The molecule has 22 heavy (non-hydrogen) atoms. The van der Waals surface area contributed by atoms with Gasteiger partial charge in [0.1, 0.15) is 0 Å². The fraction of sp³-hybridized carbons (Fsp3) is 0.500. The Morgan fingerprint density at radius 1 is 1.27 bits per heavy atom. The van der Waals surface area contributed by atoms with Gasteiger partial charge in [0.25, 0.3) is 0 Å². The molecule has 4 N–H and O–H groups in total. The molecular weight excluding hydrogens is 280 g/mol. The standard InChI is InChI=1S/C16H24N4O2/c1-2-18-16(22)19-15(21)11-20-9-13(8-17)14(10-20)12-6-4-3-5-7-12/h3-7,13-14H,2,8-11,17H2,1H3,(H2,18,19,21,22)/t13-,14+/m1/s1. The van der Waals surface area contributed by atoms with Gasteiger partial charge >= 0.3 is 6.03 Å². The van der Waals surface area contributed by atoms with E-state index in [4.69, 9.17) is 5.73 Å². The van der Waals surface area contributed by atoms with Crippen molar-refractivity contribution in [1.29, 1.82) is 0 Å². The molecule has 1 aliphatic heterocycles. The number of carbonyl (C=O) groups excluding carboxylic acids is 2. The summed E-state index contributed by atoms with van der Waals surface area (Å²) in [5.41, 5.74) is 7.14. The number of likely N-dealkylation sites (tertiary alicyclic amines) is 1. The Kier molecular flexibility index (Phi) is 5.91. The minimum absolute atomic E-state index is 0.219. The number of carbonyl (C=O) groups is 2. The van der Waals surface area contributed by atoms with Crippen LogP contribution in [0.15, 0.2) is 30.3 Å². The van der Waals surface area contributed by atoms with Gasteiger partial charge < -0.3 is 11.1 Å². The van der Waals surface area contributed by atoms with Crippen LogP contribution < -0.4 is 16.4 Å². The Morgan fingerprint density at radius 3 is 2.64 bits per heavy atom. The van der Waals surface area contributed by atoms with E-state index in [1.807, 2.05) is 18.2 Å². The van der Waals surface area contributed by atoms with Crippen LogP contribution in [-0.2, 0) is 4.79 Å². The van der Waals surface area contributed by atoms with Crippen LogP contribution in [0.1, 0.15) is 18.4 Å². The molecule has 0 unspecified atom stereocenters. The van der Waals surface area contributed by atoms with Crippen molar-refractivity contribution < 1.29 is 9.59 Å². The first-order chi connectivity index (χ1) is 10.6. The van der Waals surface area contributed by atoms with Crippen LogP contribution in [0.3, 0.4) is 0 Å². The number of amides is 3. The summed E-state index contributed by atoms with van der Waals surface area (Å²) in [5.74, 6) is 0.388. The summed E-state index contributed by atoms with van der Waals surface area (Å²) >= 11 is 0. The Bertz CT molecular complexity index is 506. The summed E-state index contributed by atoms with van der Waals surface area (Å²) in [7, 11) is 0. The monoisotopic (exact) mass is 304 g/mol. The van der Waals surface area contributed by atoms with Gasteiger partial charge in [0.15, 0.2) is 0 Å². The smallest absolute Gasteiger partial charge is 0.321 e. The number of hydrogen-bond donors (Lipinski definition) is 3. The number of nitrogens with two attached hydrogens (primary N) is 1. The van der Waals surface area contributed by atoms with Crippen LogP contribution in [0.5, 0.6) is 0 Å².